The normalized spacial score (nSPS) is 23.1. The zero-order chi connectivity index (χ0) is 70.6. The van der Waals surface area contributed by atoms with Crippen molar-refractivity contribution >= 4 is 83.1 Å². The predicted molar refractivity (Wildman–Crippen MR) is 370 cm³/mol. The van der Waals surface area contributed by atoms with Crippen LogP contribution in [0.25, 0.3) is 0 Å². The molecule has 29 heteroatoms. The number of aromatic nitrogens is 4. The zero-order valence-electron chi connectivity index (χ0n) is 57.4. The number of Topliss-reactive ketones (excluding diaryl/α,β-unsaturated/α-hetero) is 2. The van der Waals surface area contributed by atoms with Crippen molar-refractivity contribution in [3.05, 3.63) is 117 Å². The van der Waals surface area contributed by atoms with Crippen molar-refractivity contribution in [1.82, 2.24) is 40.0 Å². The topological polar surface area (TPSA) is 285 Å². The van der Waals surface area contributed by atoms with Gasteiger partial charge in [0.1, 0.15) is 50.0 Å². The van der Waals surface area contributed by atoms with Crippen molar-refractivity contribution in [3.8, 4) is 11.8 Å². The Bertz CT molecular complexity index is 3500. The van der Waals surface area contributed by atoms with Gasteiger partial charge in [0.2, 0.25) is 17.7 Å². The first-order valence-corrected chi connectivity index (χ1v) is 37.8. The molecule has 524 valence electrons. The van der Waals surface area contributed by atoms with Crippen molar-refractivity contribution in [1.29, 1.82) is 0 Å². The molecule has 0 unspecified atom stereocenters. The van der Waals surface area contributed by atoms with E-state index in [9.17, 15) is 29.1 Å². The van der Waals surface area contributed by atoms with Crippen LogP contribution in [0, 0.1) is 23.5 Å². The maximum Gasteiger partial charge on any atom is 0.418 e. The van der Waals surface area contributed by atoms with E-state index in [1.165, 1.54) is 59.6 Å². The largest absolute Gasteiger partial charge is 0.480 e. The number of rotatable bonds is 20. The summed E-state index contributed by atoms with van der Waals surface area (Å²) in [5.74, 6) is -2.85. The third-order valence-electron chi connectivity index (χ3n) is 16.4. The molecule has 23 nitrogen and oxygen atoms in total. The second-order valence-electron chi connectivity index (χ2n) is 26.8. The molecule has 2 saturated carbocycles. The van der Waals surface area contributed by atoms with E-state index in [-0.39, 0.29) is 76.7 Å². The van der Waals surface area contributed by atoms with Gasteiger partial charge >= 0.3 is 12.1 Å². The SMILES string of the molecule is C1COCCN1.CC(C)=C(Cl)N(C)C.CCOc1cnc(C(=O)Cc2ccc(F)c([C@@]3(C)N=C(N(COCC[Si](C)(C)C)C(=O)OC(C)(C)C)S[C@@]4(C(=O)O)C[C@H]43)c2)cn1.CCOc1cnc(C(=O)Cc2ccc(F)c([C@@]3(C)N=C(N)S[C@@]4(C(=O)N5CCOCC5)C[C@H]43)c2)cn1. The molecule has 2 saturated heterocycles. The van der Waals surface area contributed by atoms with E-state index >= 15 is 8.78 Å². The minimum absolute atomic E-state index is 0.00527. The summed E-state index contributed by atoms with van der Waals surface area (Å²) in [4.78, 5) is 96.4. The summed E-state index contributed by atoms with van der Waals surface area (Å²) in [6.45, 7) is 29.9. The molecule has 2 aromatic carbocycles. The maximum absolute atomic E-state index is 15.7. The second kappa shape index (κ2) is 32.8. The number of carboxylic acids is 1. The third-order valence-corrected chi connectivity index (χ3v) is 21.6. The van der Waals surface area contributed by atoms with Crippen molar-refractivity contribution in [2.24, 2.45) is 27.6 Å². The van der Waals surface area contributed by atoms with Crippen LogP contribution in [0.15, 0.2) is 81.9 Å². The summed E-state index contributed by atoms with van der Waals surface area (Å²) in [5.41, 5.74) is 6.01. The number of morpholine rings is 2. The monoisotopic (exact) mass is 1410 g/mol. The van der Waals surface area contributed by atoms with E-state index < -0.39 is 63.9 Å². The van der Waals surface area contributed by atoms with Crippen LogP contribution in [0.2, 0.25) is 25.7 Å². The Hall–Kier alpha value is -6.66. The molecule has 4 aromatic rings. The minimum atomic E-state index is -1.44. The molecule has 96 heavy (non-hydrogen) atoms. The van der Waals surface area contributed by atoms with E-state index in [2.05, 4.69) is 49.9 Å². The quantitative estimate of drug-likeness (QED) is 0.0244. The lowest BCUT2D eigenvalue weighted by Crippen LogP contribution is -2.49. The van der Waals surface area contributed by atoms with Gasteiger partial charge in [-0.25, -0.2) is 38.4 Å². The highest BCUT2D eigenvalue weighted by Gasteiger charge is 2.73. The Kier molecular flexibility index (Phi) is 26.2. The van der Waals surface area contributed by atoms with Gasteiger partial charge in [0.15, 0.2) is 21.9 Å². The number of thioether (sulfide) groups is 2. The molecule has 2 aromatic heterocycles. The molecule has 4 N–H and O–H groups in total. The van der Waals surface area contributed by atoms with Crippen molar-refractivity contribution in [3.63, 3.8) is 0 Å². The summed E-state index contributed by atoms with van der Waals surface area (Å²) < 4.78 is 61.4. The van der Waals surface area contributed by atoms with Crippen LogP contribution in [0.1, 0.15) is 118 Å². The fourth-order valence-electron chi connectivity index (χ4n) is 11.3. The highest BCUT2D eigenvalue weighted by atomic mass is 35.5. The molecule has 2 amide bonds. The Morgan fingerprint density at radius 3 is 1.69 bits per heavy atom. The minimum Gasteiger partial charge on any atom is -0.480 e. The molecule has 0 radical (unpaired) electrons. The van der Waals surface area contributed by atoms with E-state index in [0.29, 0.717) is 81.0 Å². The molecule has 10 rings (SSSR count). The fourth-order valence-corrected chi connectivity index (χ4v) is 15.0. The summed E-state index contributed by atoms with van der Waals surface area (Å²) in [6.07, 6.45) is 5.41. The predicted octanol–water partition coefficient (Wildman–Crippen LogP) is 10.1. The molecule has 4 fully saturated rings. The molecule has 6 heterocycles. The summed E-state index contributed by atoms with van der Waals surface area (Å²) in [6, 6.07) is 9.72. The number of carboxylic acid groups (broad SMARTS) is 1. The zero-order valence-corrected chi connectivity index (χ0v) is 60.8. The number of halogens is 3. The lowest BCUT2D eigenvalue weighted by atomic mass is 9.84. The first-order valence-electron chi connectivity index (χ1n) is 32.0. The van der Waals surface area contributed by atoms with Crippen LogP contribution < -0.4 is 20.5 Å². The first-order chi connectivity index (χ1) is 45.2. The average molecular weight is 1410 g/mol. The number of ketones is 2. The van der Waals surface area contributed by atoms with Gasteiger partial charge in [0, 0.05) is 90.8 Å². The molecule has 2 aliphatic carbocycles. The van der Waals surface area contributed by atoms with Crippen LogP contribution in [-0.4, -0.2) is 196 Å². The average Bonchev–Trinajstić information content (AvgIpc) is 1.53. The van der Waals surface area contributed by atoms with Gasteiger partial charge in [-0.2, -0.15) is 0 Å². The highest BCUT2D eigenvalue weighted by Crippen LogP contribution is 2.68. The number of fused-ring (bicyclic) bond motifs is 2. The van der Waals surface area contributed by atoms with Crippen molar-refractivity contribution in [2.75, 3.05) is 93.3 Å². The lowest BCUT2D eigenvalue weighted by Gasteiger charge is -2.37. The number of nitrogens with one attached hydrogen (secondary N) is 1. The van der Waals surface area contributed by atoms with Crippen LogP contribution in [0.3, 0.4) is 0 Å². The van der Waals surface area contributed by atoms with E-state index in [1.807, 2.05) is 53.6 Å². The number of aliphatic imine (C=N–C) groups is 2. The lowest BCUT2D eigenvalue weighted by molar-refractivity contribution is -0.138. The first kappa shape index (κ1) is 76.7. The number of nitrogens with two attached hydrogens (primary N) is 1. The smallest absolute Gasteiger partial charge is 0.418 e. The Labute approximate surface area is 575 Å². The van der Waals surface area contributed by atoms with E-state index in [1.54, 1.807) is 50.8 Å². The molecule has 6 atom stereocenters. The number of hydrogen-bond donors (Lipinski definition) is 3. The number of aliphatic carboxylic acids is 1. The van der Waals surface area contributed by atoms with Gasteiger partial charge in [0.25, 0.3) is 0 Å². The third kappa shape index (κ3) is 19.6. The molecule has 0 bridgehead atoms. The number of carbonyl (C=O) groups excluding carboxylic acids is 4. The van der Waals surface area contributed by atoms with Crippen LogP contribution in [0.5, 0.6) is 11.8 Å². The number of carbonyl (C=O) groups is 5. The van der Waals surface area contributed by atoms with Gasteiger partial charge in [-0.05, 0) is 122 Å². The Balaban J connectivity index is 0.000000229. The van der Waals surface area contributed by atoms with Gasteiger partial charge in [0.05, 0.1) is 75.5 Å². The summed E-state index contributed by atoms with van der Waals surface area (Å²) >= 11 is 8.00. The Morgan fingerprint density at radius 2 is 1.27 bits per heavy atom. The number of allylic oxidation sites excluding steroid dienone is 1. The number of hydrogen-bond acceptors (Lipinski definition) is 22. The Morgan fingerprint density at radius 1 is 0.771 bits per heavy atom. The molecule has 6 aliphatic rings. The van der Waals surface area contributed by atoms with E-state index in [0.717, 1.165) is 54.8 Å². The van der Waals surface area contributed by atoms with Gasteiger partial charge in [-0.1, -0.05) is 66.9 Å². The maximum atomic E-state index is 15.7. The molecular weight excluding hydrogens is 1320 g/mol. The number of amides is 2. The highest BCUT2D eigenvalue weighted by molar-refractivity contribution is 8.16. The number of nitrogens with zero attached hydrogens (tertiary/aromatic N) is 9. The van der Waals surface area contributed by atoms with Crippen molar-refractivity contribution in [2.45, 2.75) is 140 Å². The molecular formula is C67H92ClF2N11O12S2Si. The van der Waals surface area contributed by atoms with Crippen LogP contribution in [-0.2, 0) is 52.5 Å². The van der Waals surface area contributed by atoms with Gasteiger partial charge < -0.3 is 54.4 Å². The van der Waals surface area contributed by atoms with Gasteiger partial charge in [-0.15, -0.1) is 0 Å². The summed E-state index contributed by atoms with van der Waals surface area (Å²) in [7, 11) is 2.42. The van der Waals surface area contributed by atoms with Gasteiger partial charge in [-0.3, -0.25) is 29.2 Å². The number of ether oxygens (including phenoxy) is 6. The van der Waals surface area contributed by atoms with Crippen LogP contribution >= 0.6 is 35.1 Å². The second-order valence-corrected chi connectivity index (χ2v) is 35.5. The molecule has 4 aliphatic heterocycles. The fraction of sp³-hybridized carbons (Fsp3) is 0.567. The van der Waals surface area contributed by atoms with Crippen molar-refractivity contribution < 1.29 is 66.3 Å². The van der Waals surface area contributed by atoms with Crippen LogP contribution in [0.4, 0.5) is 13.6 Å². The molecule has 0 spiro atoms. The number of amidine groups is 2. The number of benzene rings is 2. The van der Waals surface area contributed by atoms with E-state index in [4.69, 9.17) is 50.7 Å². The summed E-state index contributed by atoms with van der Waals surface area (Å²) in [5, 5.41) is 14.7. The standard InChI is InChI=1S/C32H43FN4O7SSi.C25H28FN5O4S.C6H12ClN.C4H9NO/c1-9-43-26-18-34-23(17-35-26)24(38)15-20-10-11-22(33)21(14-20)31(5)25-16-32(25,27(39)40)45-28(36-31)37(29(41)44-30(2,3)4)19-42-12-13-46(6,7)8;1-3-35-21-14-28-18(13-29-21)19(32)11-15-4-5-17(26)16(10-15)24(2)20-12-25(20,36-23(27)30-24)22(33)31-6-8-34-9-7-31;1-5(2)6(7)8(3)4;1-3-6-4-2-5-1/h10-11,14,17-18,25H,9,12-13,15-16,19H2,1-8H3,(H,39,40);4-5,10,13-14,20H,3,6-9,11-12H2,1-2H3,(H2,27,30);1-4H3;5H,1-4H2/t25-,31+,32-;20-,24+,25-;;/m00../s1.